The van der Waals surface area contributed by atoms with Gasteiger partial charge in [-0.05, 0) is 23.8 Å². The maximum absolute atomic E-state index is 10.5. The summed E-state index contributed by atoms with van der Waals surface area (Å²) in [6, 6.07) is 6.61. The summed E-state index contributed by atoms with van der Waals surface area (Å²) in [4.78, 5) is 20.7. The van der Waals surface area contributed by atoms with Gasteiger partial charge < -0.3 is 15.6 Å². The van der Waals surface area contributed by atoms with E-state index in [4.69, 9.17) is 15.6 Å². The Bertz CT molecular complexity index is 408. The second kappa shape index (κ2) is 5.55. The number of carbonyl (C=O) groups excluding carboxylic acids is 1. The number of hydrogen-bond acceptors (Lipinski definition) is 3. The summed E-state index contributed by atoms with van der Waals surface area (Å²) in [6.45, 7) is -0.379. The van der Waals surface area contributed by atoms with Crippen LogP contribution in [0.4, 0.5) is 0 Å². The molecule has 1 aromatic rings. The molecule has 1 aromatic carbocycles. The SMILES string of the molecule is NC(=O)/C=C/c1ccc(OCC(=O)O)cc1. The van der Waals surface area contributed by atoms with Crippen molar-refractivity contribution < 1.29 is 19.4 Å². The lowest BCUT2D eigenvalue weighted by Crippen LogP contribution is -2.09. The molecule has 5 heteroatoms. The topological polar surface area (TPSA) is 89.6 Å². The molecule has 0 aliphatic rings. The molecule has 0 radical (unpaired) electrons. The number of amides is 1. The molecule has 0 aromatic heterocycles. The summed E-state index contributed by atoms with van der Waals surface area (Å²) in [5.41, 5.74) is 5.71. The number of carboxylic acids is 1. The van der Waals surface area contributed by atoms with Gasteiger partial charge in [0.2, 0.25) is 5.91 Å². The molecule has 0 unspecified atom stereocenters. The molecular weight excluding hydrogens is 210 g/mol. The molecule has 0 aliphatic carbocycles. The van der Waals surface area contributed by atoms with Crippen LogP contribution in [0.25, 0.3) is 6.08 Å². The van der Waals surface area contributed by atoms with Gasteiger partial charge in [-0.25, -0.2) is 4.79 Å². The van der Waals surface area contributed by atoms with E-state index in [0.717, 1.165) is 5.56 Å². The Hall–Kier alpha value is -2.30. The summed E-state index contributed by atoms with van der Waals surface area (Å²) in [6.07, 6.45) is 2.80. The summed E-state index contributed by atoms with van der Waals surface area (Å²) >= 11 is 0. The average Bonchev–Trinajstić information content (AvgIpc) is 2.25. The van der Waals surface area contributed by atoms with Crippen LogP contribution in [-0.2, 0) is 9.59 Å². The van der Waals surface area contributed by atoms with E-state index >= 15 is 0 Å². The van der Waals surface area contributed by atoms with Crippen molar-refractivity contribution in [1.82, 2.24) is 0 Å². The fourth-order valence-electron chi connectivity index (χ4n) is 0.999. The maximum atomic E-state index is 10.5. The van der Waals surface area contributed by atoms with E-state index in [2.05, 4.69) is 0 Å². The third kappa shape index (κ3) is 4.28. The first-order valence-corrected chi connectivity index (χ1v) is 4.50. The predicted octanol–water partition coefficient (Wildman–Crippen LogP) is 0.648. The molecule has 84 valence electrons. The first kappa shape index (κ1) is 11.8. The molecule has 1 rings (SSSR count). The summed E-state index contributed by atoms with van der Waals surface area (Å²) in [7, 11) is 0. The van der Waals surface area contributed by atoms with Gasteiger partial charge in [-0.15, -0.1) is 0 Å². The minimum atomic E-state index is -1.03. The van der Waals surface area contributed by atoms with Gasteiger partial charge >= 0.3 is 5.97 Å². The van der Waals surface area contributed by atoms with E-state index in [1.165, 1.54) is 6.08 Å². The zero-order valence-corrected chi connectivity index (χ0v) is 8.42. The quantitative estimate of drug-likeness (QED) is 0.714. The predicted molar refractivity (Wildman–Crippen MR) is 57.8 cm³/mol. The van der Waals surface area contributed by atoms with Gasteiger partial charge in [0.15, 0.2) is 6.61 Å². The Labute approximate surface area is 92.1 Å². The van der Waals surface area contributed by atoms with E-state index < -0.39 is 11.9 Å². The molecule has 0 saturated heterocycles. The Kier molecular flexibility index (Phi) is 4.08. The zero-order valence-electron chi connectivity index (χ0n) is 8.42. The number of rotatable bonds is 5. The van der Waals surface area contributed by atoms with Crippen molar-refractivity contribution >= 4 is 18.0 Å². The molecule has 0 spiro atoms. The largest absolute Gasteiger partial charge is 0.482 e. The lowest BCUT2D eigenvalue weighted by molar-refractivity contribution is -0.139. The molecular formula is C11H11NO4. The Balaban J connectivity index is 2.60. The van der Waals surface area contributed by atoms with Gasteiger partial charge in [-0.3, -0.25) is 4.79 Å². The lowest BCUT2D eigenvalue weighted by Gasteiger charge is -2.02. The monoisotopic (exact) mass is 221 g/mol. The summed E-state index contributed by atoms with van der Waals surface area (Å²) in [5, 5.41) is 8.39. The molecule has 0 saturated carbocycles. The van der Waals surface area contributed by atoms with Crippen LogP contribution in [0.15, 0.2) is 30.3 Å². The molecule has 0 atom stereocenters. The van der Waals surface area contributed by atoms with Crippen molar-refractivity contribution in [2.45, 2.75) is 0 Å². The van der Waals surface area contributed by atoms with Crippen LogP contribution in [-0.4, -0.2) is 23.6 Å². The molecule has 16 heavy (non-hydrogen) atoms. The van der Waals surface area contributed by atoms with Crippen LogP contribution in [0.5, 0.6) is 5.75 Å². The van der Waals surface area contributed by atoms with Crippen LogP contribution in [0.3, 0.4) is 0 Å². The van der Waals surface area contributed by atoms with Gasteiger partial charge in [0.1, 0.15) is 5.75 Å². The summed E-state index contributed by atoms with van der Waals surface area (Å²) < 4.78 is 4.93. The van der Waals surface area contributed by atoms with Crippen LogP contribution in [0.1, 0.15) is 5.56 Å². The van der Waals surface area contributed by atoms with Crippen molar-refractivity contribution in [1.29, 1.82) is 0 Å². The lowest BCUT2D eigenvalue weighted by atomic mass is 10.2. The molecule has 1 amide bonds. The fraction of sp³-hybridized carbons (Fsp3) is 0.0909. The minimum absolute atomic E-state index is 0.379. The number of carbonyl (C=O) groups is 2. The van der Waals surface area contributed by atoms with E-state index in [-0.39, 0.29) is 6.61 Å². The van der Waals surface area contributed by atoms with Crippen LogP contribution >= 0.6 is 0 Å². The Morgan fingerprint density at radius 1 is 1.31 bits per heavy atom. The minimum Gasteiger partial charge on any atom is -0.482 e. The smallest absolute Gasteiger partial charge is 0.341 e. The number of carboxylic acid groups (broad SMARTS) is 1. The van der Waals surface area contributed by atoms with E-state index in [1.54, 1.807) is 30.3 Å². The molecule has 0 heterocycles. The standard InChI is InChI=1S/C11H11NO4/c12-10(13)6-3-8-1-4-9(5-2-8)16-7-11(14)15/h1-6H,7H2,(H2,12,13)(H,14,15)/b6-3+. The van der Waals surface area contributed by atoms with Crippen LogP contribution in [0, 0.1) is 0 Å². The summed E-state index contributed by atoms with van der Waals surface area (Å²) in [5.74, 6) is -1.09. The van der Waals surface area contributed by atoms with Crippen molar-refractivity contribution in [2.24, 2.45) is 5.73 Å². The Morgan fingerprint density at radius 2 is 1.94 bits per heavy atom. The highest BCUT2D eigenvalue weighted by atomic mass is 16.5. The van der Waals surface area contributed by atoms with E-state index in [1.807, 2.05) is 0 Å². The number of nitrogens with two attached hydrogens (primary N) is 1. The van der Waals surface area contributed by atoms with Crippen molar-refractivity contribution in [2.75, 3.05) is 6.61 Å². The first-order valence-electron chi connectivity index (χ1n) is 4.50. The average molecular weight is 221 g/mol. The molecule has 0 bridgehead atoms. The maximum Gasteiger partial charge on any atom is 0.341 e. The van der Waals surface area contributed by atoms with E-state index in [0.29, 0.717) is 5.75 Å². The first-order chi connectivity index (χ1) is 7.58. The molecule has 3 N–H and O–H groups in total. The second-order valence-electron chi connectivity index (χ2n) is 2.99. The van der Waals surface area contributed by atoms with Crippen LogP contribution in [0.2, 0.25) is 0 Å². The number of aliphatic carboxylic acids is 1. The normalized spacial score (nSPS) is 10.2. The third-order valence-corrected chi connectivity index (χ3v) is 1.68. The number of primary amides is 1. The van der Waals surface area contributed by atoms with Crippen molar-refractivity contribution in [3.63, 3.8) is 0 Å². The van der Waals surface area contributed by atoms with Gasteiger partial charge in [0, 0.05) is 6.08 Å². The molecule has 0 aliphatic heterocycles. The van der Waals surface area contributed by atoms with Gasteiger partial charge in [0.25, 0.3) is 0 Å². The van der Waals surface area contributed by atoms with Crippen LogP contribution < -0.4 is 10.5 Å². The molecule has 5 nitrogen and oxygen atoms in total. The van der Waals surface area contributed by atoms with Gasteiger partial charge in [-0.2, -0.15) is 0 Å². The zero-order chi connectivity index (χ0) is 12.0. The fourth-order valence-corrected chi connectivity index (χ4v) is 0.999. The highest BCUT2D eigenvalue weighted by molar-refractivity contribution is 5.90. The van der Waals surface area contributed by atoms with Gasteiger partial charge in [0.05, 0.1) is 0 Å². The van der Waals surface area contributed by atoms with E-state index in [9.17, 15) is 9.59 Å². The van der Waals surface area contributed by atoms with Crippen molar-refractivity contribution in [3.8, 4) is 5.75 Å². The van der Waals surface area contributed by atoms with Gasteiger partial charge in [-0.1, -0.05) is 12.1 Å². The molecule has 0 fully saturated rings. The second-order valence-corrected chi connectivity index (χ2v) is 2.99. The van der Waals surface area contributed by atoms with Crippen molar-refractivity contribution in [3.05, 3.63) is 35.9 Å². The third-order valence-electron chi connectivity index (χ3n) is 1.68. The Morgan fingerprint density at radius 3 is 2.44 bits per heavy atom. The number of hydrogen-bond donors (Lipinski definition) is 2. The highest BCUT2D eigenvalue weighted by Crippen LogP contribution is 2.12. The number of ether oxygens (including phenoxy) is 1. The number of benzene rings is 1. The highest BCUT2D eigenvalue weighted by Gasteiger charge is 1.98.